The average molecular weight is 396 g/mol. The molecule has 7 nitrogen and oxygen atoms in total. The van der Waals surface area contributed by atoms with E-state index in [1.54, 1.807) is 21.1 Å². The van der Waals surface area contributed by atoms with E-state index in [0.29, 0.717) is 23.2 Å². The molecule has 152 valence electrons. The molecule has 3 rings (SSSR count). The number of nitrogens with zero attached hydrogens (tertiary/aromatic N) is 2. The highest BCUT2D eigenvalue weighted by Crippen LogP contribution is 2.46. The summed E-state index contributed by atoms with van der Waals surface area (Å²) < 4.78 is 42.3. The molecule has 1 unspecified atom stereocenters. The Morgan fingerprint density at radius 3 is 2.54 bits per heavy atom. The molecule has 1 aromatic heterocycles. The molecule has 1 amide bonds. The third-order valence-electron chi connectivity index (χ3n) is 5.24. The predicted octanol–water partition coefficient (Wildman–Crippen LogP) is 2.00. The van der Waals surface area contributed by atoms with Crippen LogP contribution in [0.15, 0.2) is 18.3 Å². The van der Waals surface area contributed by atoms with E-state index in [-0.39, 0.29) is 11.6 Å². The van der Waals surface area contributed by atoms with Crippen LogP contribution in [0.2, 0.25) is 0 Å². The number of anilines is 1. The van der Waals surface area contributed by atoms with Gasteiger partial charge >= 0.3 is 0 Å². The summed E-state index contributed by atoms with van der Waals surface area (Å²) in [6.07, 6.45) is -1.15. The minimum absolute atomic E-state index is 0.219. The van der Waals surface area contributed by atoms with Gasteiger partial charge in [0.1, 0.15) is 11.5 Å². The molecule has 0 bridgehead atoms. The molecule has 10 heteroatoms. The fraction of sp³-hybridized carbons (Fsp3) is 0.444. The number of aryl methyl sites for hydroxylation is 1. The maximum absolute atomic E-state index is 14.8. The maximum Gasteiger partial charge on any atom is 0.282 e. The zero-order valence-electron chi connectivity index (χ0n) is 16.0. The largest absolute Gasteiger partial charge is 0.322 e. The van der Waals surface area contributed by atoms with Gasteiger partial charge in [-0.3, -0.25) is 20.1 Å². The lowest BCUT2D eigenvalue weighted by atomic mass is 10.00. The fourth-order valence-electron chi connectivity index (χ4n) is 3.86. The van der Waals surface area contributed by atoms with E-state index < -0.39 is 29.5 Å². The number of aromatic nitrogens is 2. The third kappa shape index (κ3) is 3.17. The summed E-state index contributed by atoms with van der Waals surface area (Å²) in [6, 6.07) is 2.44. The van der Waals surface area contributed by atoms with Crippen LogP contribution in [0, 0.1) is 5.82 Å². The van der Waals surface area contributed by atoms with E-state index in [1.165, 1.54) is 25.4 Å². The Bertz CT molecular complexity index is 894. The molecule has 0 saturated carbocycles. The van der Waals surface area contributed by atoms with Gasteiger partial charge < -0.3 is 10.6 Å². The van der Waals surface area contributed by atoms with Crippen molar-refractivity contribution < 1.29 is 18.0 Å². The Balaban J connectivity index is 2.06. The summed E-state index contributed by atoms with van der Waals surface area (Å²) in [4.78, 5) is 12.7. The number of fused-ring (bicyclic) bond motifs is 1. The van der Waals surface area contributed by atoms with Crippen molar-refractivity contribution in [2.24, 2.45) is 7.05 Å². The molecule has 0 fully saturated rings. The molecule has 0 radical (unpaired) electrons. The van der Waals surface area contributed by atoms with Gasteiger partial charge in [0.25, 0.3) is 12.3 Å². The lowest BCUT2D eigenvalue weighted by molar-refractivity contribution is 0.101. The second-order valence-electron chi connectivity index (χ2n) is 6.69. The Hall–Kier alpha value is -2.43. The molecule has 1 aliphatic rings. The van der Waals surface area contributed by atoms with Crippen LogP contribution in [0.5, 0.6) is 0 Å². The molecule has 0 spiro atoms. The van der Waals surface area contributed by atoms with Crippen molar-refractivity contribution in [1.82, 2.24) is 25.7 Å². The van der Waals surface area contributed by atoms with Crippen LogP contribution in [0.3, 0.4) is 0 Å². The van der Waals surface area contributed by atoms with E-state index in [9.17, 15) is 18.0 Å². The Morgan fingerprint density at radius 1 is 1.29 bits per heavy atom. The zero-order valence-corrected chi connectivity index (χ0v) is 16.0. The first kappa shape index (κ1) is 20.3. The molecule has 2 aromatic rings. The van der Waals surface area contributed by atoms with Crippen molar-refractivity contribution in [1.29, 1.82) is 0 Å². The Morgan fingerprint density at radius 2 is 1.96 bits per heavy atom. The van der Waals surface area contributed by atoms with Gasteiger partial charge in [-0.15, -0.1) is 0 Å². The fourth-order valence-corrected chi connectivity index (χ4v) is 3.86. The molecule has 28 heavy (non-hydrogen) atoms. The number of hydrogen-bond acceptors (Lipinski definition) is 5. The van der Waals surface area contributed by atoms with Crippen molar-refractivity contribution >= 4 is 11.6 Å². The van der Waals surface area contributed by atoms with Crippen LogP contribution in [0.4, 0.5) is 18.9 Å². The molecular formula is C18H23F3N6O. The first-order valence-corrected chi connectivity index (χ1v) is 8.79. The number of alkyl halides is 2. The zero-order chi connectivity index (χ0) is 20.6. The first-order chi connectivity index (χ1) is 13.3. The van der Waals surface area contributed by atoms with Crippen molar-refractivity contribution in [2.75, 3.05) is 26.5 Å². The molecule has 1 atom stereocenters. The Labute approximate surface area is 160 Å². The maximum atomic E-state index is 14.8. The highest BCUT2D eigenvalue weighted by atomic mass is 19.3. The highest BCUT2D eigenvalue weighted by Gasteiger charge is 2.45. The number of hydrogen-bond donors (Lipinski definition) is 4. The molecule has 0 saturated heterocycles. The summed E-state index contributed by atoms with van der Waals surface area (Å²) >= 11 is 0. The van der Waals surface area contributed by atoms with Crippen LogP contribution in [-0.2, 0) is 12.7 Å². The smallest absolute Gasteiger partial charge is 0.282 e. The number of benzene rings is 1. The van der Waals surface area contributed by atoms with Crippen LogP contribution in [-0.4, -0.2) is 36.8 Å². The topological polar surface area (TPSA) is 83.0 Å². The minimum atomic E-state index is -2.88. The SMILES string of the molecule is CNC1CC(NC)(NC)c2c(F)ccc(NC(=O)c3cn(C)nc3C(F)F)c21. The lowest BCUT2D eigenvalue weighted by Crippen LogP contribution is -2.50. The summed E-state index contributed by atoms with van der Waals surface area (Å²) in [7, 11) is 6.63. The molecule has 1 aromatic carbocycles. The molecule has 0 aliphatic heterocycles. The van der Waals surface area contributed by atoms with Gasteiger partial charge in [0.15, 0.2) is 0 Å². The number of carbonyl (C=O) groups is 1. The van der Waals surface area contributed by atoms with Crippen molar-refractivity contribution in [2.45, 2.75) is 24.6 Å². The van der Waals surface area contributed by atoms with Crippen LogP contribution >= 0.6 is 0 Å². The summed E-state index contributed by atoms with van der Waals surface area (Å²) in [5.74, 6) is -1.15. The van der Waals surface area contributed by atoms with Crippen LogP contribution in [0.25, 0.3) is 0 Å². The number of carbonyl (C=O) groups excluding carboxylic acids is 1. The van der Waals surface area contributed by atoms with E-state index in [0.717, 1.165) is 4.68 Å². The van der Waals surface area contributed by atoms with Gasteiger partial charge in [-0.25, -0.2) is 13.2 Å². The number of nitrogens with one attached hydrogen (secondary N) is 4. The molecule has 1 heterocycles. The summed E-state index contributed by atoms with van der Waals surface area (Å²) in [6.45, 7) is 0. The number of halogens is 3. The second kappa shape index (κ2) is 7.53. The van der Waals surface area contributed by atoms with E-state index in [1.807, 2.05) is 0 Å². The Kier molecular flexibility index (Phi) is 5.46. The quantitative estimate of drug-likeness (QED) is 0.562. The monoisotopic (exact) mass is 396 g/mol. The summed E-state index contributed by atoms with van der Waals surface area (Å²) in [5.41, 5.74) is -0.322. The molecule has 4 N–H and O–H groups in total. The van der Waals surface area contributed by atoms with Gasteiger partial charge in [0, 0.05) is 42.5 Å². The van der Waals surface area contributed by atoms with E-state index >= 15 is 0 Å². The third-order valence-corrected chi connectivity index (χ3v) is 5.24. The van der Waals surface area contributed by atoms with Crippen molar-refractivity contribution in [3.63, 3.8) is 0 Å². The van der Waals surface area contributed by atoms with Crippen LogP contribution in [0.1, 0.15) is 46.1 Å². The molecule has 1 aliphatic carbocycles. The number of rotatable bonds is 6. The van der Waals surface area contributed by atoms with Gasteiger partial charge in [-0.2, -0.15) is 5.10 Å². The minimum Gasteiger partial charge on any atom is -0.322 e. The summed E-state index contributed by atoms with van der Waals surface area (Å²) in [5, 5.41) is 15.7. The van der Waals surface area contributed by atoms with Crippen molar-refractivity contribution in [3.05, 3.63) is 46.5 Å². The van der Waals surface area contributed by atoms with E-state index in [2.05, 4.69) is 26.4 Å². The average Bonchev–Trinajstić information content (AvgIpc) is 3.23. The van der Waals surface area contributed by atoms with Crippen LogP contribution < -0.4 is 21.3 Å². The highest BCUT2D eigenvalue weighted by molar-refractivity contribution is 6.05. The van der Waals surface area contributed by atoms with E-state index in [4.69, 9.17) is 0 Å². The van der Waals surface area contributed by atoms with Gasteiger partial charge in [0.05, 0.1) is 11.2 Å². The first-order valence-electron chi connectivity index (χ1n) is 8.79. The van der Waals surface area contributed by atoms with Crippen molar-refractivity contribution in [3.8, 4) is 0 Å². The van der Waals surface area contributed by atoms with Gasteiger partial charge in [-0.1, -0.05) is 0 Å². The lowest BCUT2D eigenvalue weighted by Gasteiger charge is -2.30. The standard InChI is InChI=1S/C18H23F3N6O/c1-22-12-7-18(23-2,24-3)14-10(19)5-6-11(13(12)14)25-17(28)9-8-27(4)26-15(9)16(20)21/h5-6,8,12,16,22-24H,7H2,1-4H3,(H,25,28). The number of amides is 1. The predicted molar refractivity (Wildman–Crippen MR) is 98.7 cm³/mol. The normalized spacial score (nSPS) is 17.8. The second-order valence-corrected chi connectivity index (χ2v) is 6.69. The van der Waals surface area contributed by atoms with Gasteiger partial charge in [0.2, 0.25) is 0 Å². The van der Waals surface area contributed by atoms with Gasteiger partial charge in [-0.05, 0) is 33.3 Å². The molecular weight excluding hydrogens is 373 g/mol.